The molecule has 5 aromatic rings. The van der Waals surface area contributed by atoms with E-state index in [9.17, 15) is 13.6 Å². The normalized spacial score (nSPS) is 18.4. The molecule has 8 rings (SSSR count). The van der Waals surface area contributed by atoms with Crippen LogP contribution in [-0.2, 0) is 13.0 Å². The lowest BCUT2D eigenvalue weighted by Crippen LogP contribution is -2.39. The van der Waals surface area contributed by atoms with E-state index >= 15 is 0 Å². The van der Waals surface area contributed by atoms with Crippen molar-refractivity contribution in [2.45, 2.75) is 63.8 Å². The molecule has 3 aromatic heterocycles. The second kappa shape index (κ2) is 11.8. The van der Waals surface area contributed by atoms with Gasteiger partial charge in [-0.05, 0) is 82.8 Å². The standard InChI is InChI=1S/C35H36F2N6O3/c1-21-26(12-16-41-14-8-22(9-15-41)32-27-6-4-24(36)19-30(27)45-39-32)35(44)43-13-2-3-29(34(43)38-21)42-17-10-23(11-18-42)33-28-7-5-25(37)20-31(28)46-40-33/h3-7,19-20,22-23H,2,8-18H2,1H3. The molecule has 238 valence electrons. The van der Waals surface area contributed by atoms with Gasteiger partial charge in [-0.3, -0.25) is 9.36 Å². The van der Waals surface area contributed by atoms with Gasteiger partial charge in [0, 0.05) is 72.2 Å². The molecule has 0 spiro atoms. The van der Waals surface area contributed by atoms with Gasteiger partial charge in [-0.15, -0.1) is 0 Å². The molecule has 2 aromatic carbocycles. The fraction of sp³-hybridized carbons (Fsp3) is 0.429. The van der Waals surface area contributed by atoms with Gasteiger partial charge in [0.2, 0.25) is 0 Å². The first-order valence-electron chi connectivity index (χ1n) is 16.3. The summed E-state index contributed by atoms with van der Waals surface area (Å²) in [4.78, 5) is 23.6. The number of likely N-dealkylation sites (tertiary alicyclic amines) is 2. The number of benzene rings is 2. The molecule has 2 saturated heterocycles. The van der Waals surface area contributed by atoms with Crippen LogP contribution in [0.4, 0.5) is 8.78 Å². The molecule has 0 unspecified atom stereocenters. The molecule has 9 nitrogen and oxygen atoms in total. The Bertz CT molecular complexity index is 2010. The summed E-state index contributed by atoms with van der Waals surface area (Å²) in [7, 11) is 0. The highest BCUT2D eigenvalue weighted by atomic mass is 19.1. The molecule has 0 N–H and O–H groups in total. The van der Waals surface area contributed by atoms with Crippen LogP contribution in [0.1, 0.15) is 72.4 Å². The second-order valence-electron chi connectivity index (χ2n) is 12.9. The average Bonchev–Trinajstić information content (AvgIpc) is 3.68. The molecule has 0 saturated carbocycles. The average molecular weight is 627 g/mol. The van der Waals surface area contributed by atoms with Crippen molar-refractivity contribution in [1.29, 1.82) is 0 Å². The monoisotopic (exact) mass is 626 g/mol. The minimum Gasteiger partial charge on any atom is -0.369 e. The first-order valence-corrected chi connectivity index (χ1v) is 16.3. The molecule has 6 heterocycles. The Hall–Kier alpha value is -4.38. The summed E-state index contributed by atoms with van der Waals surface area (Å²) >= 11 is 0. The van der Waals surface area contributed by atoms with Crippen LogP contribution in [0.15, 0.2) is 56.3 Å². The van der Waals surface area contributed by atoms with Crippen molar-refractivity contribution in [3.63, 3.8) is 0 Å². The predicted molar refractivity (Wildman–Crippen MR) is 169 cm³/mol. The van der Waals surface area contributed by atoms with Gasteiger partial charge in [0.05, 0.1) is 17.1 Å². The Balaban J connectivity index is 0.914. The number of hydrogen-bond acceptors (Lipinski definition) is 8. The highest BCUT2D eigenvalue weighted by Gasteiger charge is 2.30. The number of piperidine rings is 2. The molecular weight excluding hydrogens is 590 g/mol. The van der Waals surface area contributed by atoms with E-state index < -0.39 is 0 Å². The van der Waals surface area contributed by atoms with Crippen LogP contribution in [0.3, 0.4) is 0 Å². The molecule has 0 bridgehead atoms. The molecule has 0 radical (unpaired) electrons. The van der Waals surface area contributed by atoms with E-state index in [-0.39, 0.29) is 29.0 Å². The SMILES string of the molecule is Cc1nc2n(c(=O)c1CCN1CCC(c3noc4cc(F)ccc34)CC1)CCC=C2N1CCC(c2noc3cc(F)ccc23)CC1. The van der Waals surface area contributed by atoms with Crippen molar-refractivity contribution in [2.24, 2.45) is 0 Å². The van der Waals surface area contributed by atoms with Crippen molar-refractivity contribution < 1.29 is 17.8 Å². The summed E-state index contributed by atoms with van der Waals surface area (Å²) < 4.78 is 39.9. The fourth-order valence-electron chi connectivity index (χ4n) is 7.63. The Labute approximate surface area is 264 Å². The summed E-state index contributed by atoms with van der Waals surface area (Å²) in [5.41, 5.74) is 5.50. The van der Waals surface area contributed by atoms with Crippen LogP contribution in [-0.4, -0.2) is 62.4 Å². The lowest BCUT2D eigenvalue weighted by Gasteiger charge is -2.36. The number of nitrogens with zero attached hydrogens (tertiary/aromatic N) is 6. The minimum absolute atomic E-state index is 0.0699. The third-order valence-corrected chi connectivity index (χ3v) is 10.2. The zero-order chi connectivity index (χ0) is 31.4. The summed E-state index contributed by atoms with van der Waals surface area (Å²) in [6, 6.07) is 9.21. The van der Waals surface area contributed by atoms with E-state index in [2.05, 4.69) is 26.2 Å². The number of rotatable bonds is 6. The van der Waals surface area contributed by atoms with Gasteiger partial charge in [0.15, 0.2) is 17.0 Å². The summed E-state index contributed by atoms with van der Waals surface area (Å²) in [6.07, 6.45) is 7.33. The van der Waals surface area contributed by atoms with Crippen LogP contribution >= 0.6 is 0 Å². The van der Waals surface area contributed by atoms with E-state index in [0.717, 1.165) is 110 Å². The first kappa shape index (κ1) is 29.1. The maximum Gasteiger partial charge on any atom is 0.257 e. The van der Waals surface area contributed by atoms with Gasteiger partial charge in [-0.1, -0.05) is 16.4 Å². The molecular formula is C35H36F2N6O3. The number of hydrogen-bond donors (Lipinski definition) is 0. The third kappa shape index (κ3) is 5.20. The maximum absolute atomic E-state index is 13.8. The number of aromatic nitrogens is 4. The molecule has 46 heavy (non-hydrogen) atoms. The highest BCUT2D eigenvalue weighted by molar-refractivity contribution is 5.80. The smallest absolute Gasteiger partial charge is 0.257 e. The summed E-state index contributed by atoms with van der Waals surface area (Å²) in [6.45, 7) is 6.84. The highest BCUT2D eigenvalue weighted by Crippen LogP contribution is 2.36. The van der Waals surface area contributed by atoms with Gasteiger partial charge in [-0.25, -0.2) is 13.8 Å². The van der Waals surface area contributed by atoms with Crippen LogP contribution in [0.2, 0.25) is 0 Å². The van der Waals surface area contributed by atoms with Crippen molar-refractivity contribution in [1.82, 2.24) is 29.7 Å². The van der Waals surface area contributed by atoms with Crippen molar-refractivity contribution in [2.75, 3.05) is 32.7 Å². The van der Waals surface area contributed by atoms with Crippen molar-refractivity contribution in [3.8, 4) is 0 Å². The molecule has 3 aliphatic heterocycles. The van der Waals surface area contributed by atoms with E-state index in [0.29, 0.717) is 24.1 Å². The van der Waals surface area contributed by atoms with E-state index in [1.165, 1.54) is 24.3 Å². The number of fused-ring (bicyclic) bond motifs is 3. The van der Waals surface area contributed by atoms with Crippen LogP contribution in [0.5, 0.6) is 0 Å². The lowest BCUT2D eigenvalue weighted by molar-refractivity contribution is 0.211. The van der Waals surface area contributed by atoms with Crippen molar-refractivity contribution >= 4 is 27.6 Å². The minimum atomic E-state index is -0.327. The van der Waals surface area contributed by atoms with Crippen LogP contribution < -0.4 is 5.56 Å². The quantitative estimate of drug-likeness (QED) is 0.221. The maximum atomic E-state index is 13.8. The van der Waals surface area contributed by atoms with E-state index in [4.69, 9.17) is 14.0 Å². The first-order chi connectivity index (χ1) is 22.4. The van der Waals surface area contributed by atoms with Gasteiger partial charge >= 0.3 is 0 Å². The van der Waals surface area contributed by atoms with Crippen LogP contribution in [0.25, 0.3) is 27.6 Å². The predicted octanol–water partition coefficient (Wildman–Crippen LogP) is 6.16. The topological polar surface area (TPSA) is 93.4 Å². The largest absolute Gasteiger partial charge is 0.369 e. The zero-order valence-corrected chi connectivity index (χ0v) is 25.8. The zero-order valence-electron chi connectivity index (χ0n) is 25.8. The van der Waals surface area contributed by atoms with E-state index in [1.54, 1.807) is 12.1 Å². The second-order valence-corrected chi connectivity index (χ2v) is 12.9. The Morgan fingerprint density at radius 2 is 1.41 bits per heavy atom. The Kier molecular flexibility index (Phi) is 7.43. The van der Waals surface area contributed by atoms with Gasteiger partial charge in [0.1, 0.15) is 11.6 Å². The van der Waals surface area contributed by atoms with E-state index in [1.807, 2.05) is 11.5 Å². The van der Waals surface area contributed by atoms with Gasteiger partial charge in [-0.2, -0.15) is 0 Å². The van der Waals surface area contributed by atoms with Gasteiger partial charge in [0.25, 0.3) is 5.56 Å². The number of halogens is 2. The molecule has 0 amide bonds. The third-order valence-electron chi connectivity index (χ3n) is 10.2. The lowest BCUT2D eigenvalue weighted by atomic mass is 9.91. The Morgan fingerprint density at radius 3 is 2.02 bits per heavy atom. The summed E-state index contributed by atoms with van der Waals surface area (Å²) in [5.74, 6) is 0.622. The molecule has 0 atom stereocenters. The molecule has 11 heteroatoms. The number of aryl methyl sites for hydroxylation is 1. The fourth-order valence-corrected chi connectivity index (χ4v) is 7.63. The molecule has 2 fully saturated rings. The molecule has 0 aliphatic carbocycles. The Morgan fingerprint density at radius 1 is 0.826 bits per heavy atom. The van der Waals surface area contributed by atoms with Gasteiger partial charge < -0.3 is 18.8 Å². The van der Waals surface area contributed by atoms with Crippen molar-refractivity contribution in [3.05, 3.63) is 92.9 Å². The van der Waals surface area contributed by atoms with Crippen LogP contribution in [0, 0.1) is 18.6 Å². The molecule has 3 aliphatic rings. The summed E-state index contributed by atoms with van der Waals surface area (Å²) in [5, 5.41) is 10.3. The number of allylic oxidation sites excluding steroid dienone is 1.